The molecule has 1 saturated heterocycles. The molecule has 0 radical (unpaired) electrons. The van der Waals surface area contributed by atoms with Crippen LogP contribution in [0.5, 0.6) is 0 Å². The van der Waals surface area contributed by atoms with Crippen molar-refractivity contribution < 1.29 is 0 Å². The van der Waals surface area contributed by atoms with Crippen LogP contribution in [-0.2, 0) is 0 Å². The number of hydrogen-bond donors (Lipinski definition) is 1. The highest BCUT2D eigenvalue weighted by molar-refractivity contribution is 6.30. The lowest BCUT2D eigenvalue weighted by Gasteiger charge is -2.39. The lowest BCUT2D eigenvalue weighted by atomic mass is 9.77. The second-order valence-electron chi connectivity index (χ2n) is 6.48. The molecule has 3 heteroatoms. The van der Waals surface area contributed by atoms with E-state index in [4.69, 9.17) is 11.6 Å². The number of nitrogens with zero attached hydrogens (tertiary/aromatic N) is 1. The average Bonchev–Trinajstić information content (AvgIpc) is 2.92. The monoisotopic (exact) mass is 292 g/mol. The number of piperidine rings is 1. The van der Waals surface area contributed by atoms with Gasteiger partial charge in [-0.1, -0.05) is 24.4 Å². The predicted molar refractivity (Wildman–Crippen MR) is 86.5 cm³/mol. The fourth-order valence-electron chi connectivity index (χ4n) is 3.80. The summed E-state index contributed by atoms with van der Waals surface area (Å²) >= 11 is 5.89. The van der Waals surface area contributed by atoms with Crippen LogP contribution in [0.1, 0.15) is 38.5 Å². The van der Waals surface area contributed by atoms with Crippen LogP contribution in [0.2, 0.25) is 5.02 Å². The van der Waals surface area contributed by atoms with Gasteiger partial charge in [0.2, 0.25) is 0 Å². The molecule has 2 nitrogen and oxygen atoms in total. The highest BCUT2D eigenvalue weighted by Gasteiger charge is 2.36. The topological polar surface area (TPSA) is 15.3 Å². The van der Waals surface area contributed by atoms with Gasteiger partial charge in [0.1, 0.15) is 0 Å². The van der Waals surface area contributed by atoms with Crippen molar-refractivity contribution in [3.8, 4) is 0 Å². The molecule has 0 bridgehead atoms. The highest BCUT2D eigenvalue weighted by Crippen LogP contribution is 2.45. The van der Waals surface area contributed by atoms with Crippen LogP contribution in [0, 0.1) is 5.41 Å². The molecule has 20 heavy (non-hydrogen) atoms. The Hall–Kier alpha value is -0.730. The predicted octanol–water partition coefficient (Wildman–Crippen LogP) is 4.41. The molecule has 0 aromatic heterocycles. The zero-order valence-corrected chi connectivity index (χ0v) is 13.0. The molecule has 2 aliphatic rings. The second-order valence-corrected chi connectivity index (χ2v) is 6.92. The summed E-state index contributed by atoms with van der Waals surface area (Å²) in [6.07, 6.45) is 8.77. The third-order valence-corrected chi connectivity index (χ3v) is 5.43. The molecule has 1 spiro atoms. The molecule has 1 heterocycles. The second kappa shape index (κ2) is 6.36. The third-order valence-electron chi connectivity index (χ3n) is 5.18. The van der Waals surface area contributed by atoms with Gasteiger partial charge in [0.25, 0.3) is 0 Å². The number of nitrogens with one attached hydrogen (secondary N) is 1. The maximum atomic E-state index is 5.89. The van der Waals surface area contributed by atoms with E-state index in [-0.39, 0.29) is 0 Å². The van der Waals surface area contributed by atoms with E-state index in [0.717, 1.165) is 23.5 Å². The Balaban J connectivity index is 1.38. The van der Waals surface area contributed by atoms with Gasteiger partial charge in [0.15, 0.2) is 0 Å². The summed E-state index contributed by atoms with van der Waals surface area (Å²) in [6, 6.07) is 7.97. The number of anilines is 1. The van der Waals surface area contributed by atoms with Crippen molar-refractivity contribution in [3.05, 3.63) is 29.3 Å². The Morgan fingerprint density at radius 1 is 1.00 bits per heavy atom. The Kier molecular flexibility index (Phi) is 4.52. The minimum Gasteiger partial charge on any atom is -0.384 e. The molecule has 1 N–H and O–H groups in total. The van der Waals surface area contributed by atoms with Gasteiger partial charge >= 0.3 is 0 Å². The summed E-state index contributed by atoms with van der Waals surface area (Å²) in [5, 5.41) is 4.28. The van der Waals surface area contributed by atoms with Crippen molar-refractivity contribution in [1.82, 2.24) is 4.90 Å². The van der Waals surface area contributed by atoms with Crippen molar-refractivity contribution in [2.45, 2.75) is 38.5 Å². The van der Waals surface area contributed by atoms with Crippen molar-refractivity contribution in [2.24, 2.45) is 5.41 Å². The molecule has 1 aliphatic carbocycles. The lowest BCUT2D eigenvalue weighted by Crippen LogP contribution is -2.40. The van der Waals surface area contributed by atoms with Gasteiger partial charge in [0, 0.05) is 23.8 Å². The van der Waals surface area contributed by atoms with Gasteiger partial charge in [-0.05, 0) is 68.5 Å². The Morgan fingerprint density at radius 2 is 1.65 bits per heavy atom. The van der Waals surface area contributed by atoms with E-state index in [0.29, 0.717) is 0 Å². The number of halogens is 1. The van der Waals surface area contributed by atoms with Crippen LogP contribution < -0.4 is 5.32 Å². The van der Waals surface area contributed by atoms with Gasteiger partial charge in [-0.25, -0.2) is 0 Å². The number of hydrogen-bond acceptors (Lipinski definition) is 2. The van der Waals surface area contributed by atoms with Crippen LogP contribution in [0.4, 0.5) is 5.69 Å². The molecular weight excluding hydrogens is 268 g/mol. The molecule has 110 valence electrons. The summed E-state index contributed by atoms with van der Waals surface area (Å²) in [5.41, 5.74) is 1.90. The Labute approximate surface area is 127 Å². The summed E-state index contributed by atoms with van der Waals surface area (Å²) < 4.78 is 0. The van der Waals surface area contributed by atoms with Gasteiger partial charge in [-0.2, -0.15) is 0 Å². The normalized spacial score (nSPS) is 22.2. The molecule has 0 amide bonds. The summed E-state index contributed by atoms with van der Waals surface area (Å²) in [7, 11) is 0. The number of likely N-dealkylation sites (tertiary alicyclic amines) is 1. The molecule has 1 aromatic rings. The SMILES string of the molecule is Clc1ccc(NCCN2CCC3(CCCC3)CC2)cc1. The van der Waals surface area contributed by atoms with Crippen LogP contribution in [0.15, 0.2) is 24.3 Å². The summed E-state index contributed by atoms with van der Waals surface area (Å²) in [5.74, 6) is 0. The fraction of sp³-hybridized carbons (Fsp3) is 0.647. The zero-order chi connectivity index (χ0) is 13.8. The Bertz CT molecular complexity index is 413. The van der Waals surface area contributed by atoms with Gasteiger partial charge in [0.05, 0.1) is 0 Å². The van der Waals surface area contributed by atoms with Gasteiger partial charge in [-0.15, -0.1) is 0 Å². The van der Waals surface area contributed by atoms with Crippen LogP contribution in [0.25, 0.3) is 0 Å². The van der Waals surface area contributed by atoms with E-state index in [1.54, 1.807) is 0 Å². The lowest BCUT2D eigenvalue weighted by molar-refractivity contribution is 0.112. The third kappa shape index (κ3) is 3.48. The van der Waals surface area contributed by atoms with E-state index in [1.165, 1.54) is 57.3 Å². The van der Waals surface area contributed by atoms with Crippen molar-refractivity contribution >= 4 is 17.3 Å². The van der Waals surface area contributed by atoms with Crippen LogP contribution in [-0.4, -0.2) is 31.1 Å². The smallest absolute Gasteiger partial charge is 0.0407 e. The summed E-state index contributed by atoms with van der Waals surface area (Å²) in [4.78, 5) is 2.62. The molecule has 0 unspecified atom stereocenters. The first-order chi connectivity index (χ1) is 9.76. The summed E-state index contributed by atoms with van der Waals surface area (Å²) in [6.45, 7) is 4.76. The van der Waals surface area contributed by atoms with Crippen molar-refractivity contribution in [2.75, 3.05) is 31.5 Å². The molecule has 0 atom stereocenters. The molecule has 2 fully saturated rings. The maximum absolute atomic E-state index is 5.89. The first-order valence-electron chi connectivity index (χ1n) is 7.98. The van der Waals surface area contributed by atoms with Crippen molar-refractivity contribution in [3.63, 3.8) is 0 Å². The molecule has 1 aliphatic heterocycles. The van der Waals surface area contributed by atoms with E-state index >= 15 is 0 Å². The van der Waals surface area contributed by atoms with E-state index in [9.17, 15) is 0 Å². The number of rotatable bonds is 4. The fourth-order valence-corrected chi connectivity index (χ4v) is 3.93. The first kappa shape index (κ1) is 14.2. The minimum atomic E-state index is 0.736. The molecule has 3 rings (SSSR count). The number of benzene rings is 1. The average molecular weight is 293 g/mol. The highest BCUT2D eigenvalue weighted by atomic mass is 35.5. The Morgan fingerprint density at radius 3 is 2.30 bits per heavy atom. The minimum absolute atomic E-state index is 0.736. The standard InChI is InChI=1S/C17H25ClN2/c18-15-3-5-16(6-4-15)19-11-14-20-12-9-17(10-13-20)7-1-2-8-17/h3-6,19H,1-2,7-14H2. The van der Waals surface area contributed by atoms with Gasteiger partial charge < -0.3 is 10.2 Å². The maximum Gasteiger partial charge on any atom is 0.0407 e. The first-order valence-corrected chi connectivity index (χ1v) is 8.35. The van der Waals surface area contributed by atoms with E-state index in [1.807, 2.05) is 24.3 Å². The van der Waals surface area contributed by atoms with Gasteiger partial charge in [-0.3, -0.25) is 0 Å². The van der Waals surface area contributed by atoms with E-state index in [2.05, 4.69) is 10.2 Å². The molecular formula is C17H25ClN2. The molecule has 1 aromatic carbocycles. The molecule has 1 saturated carbocycles. The van der Waals surface area contributed by atoms with E-state index < -0.39 is 0 Å². The van der Waals surface area contributed by atoms with Crippen LogP contribution >= 0.6 is 11.6 Å². The quantitative estimate of drug-likeness (QED) is 0.884. The van der Waals surface area contributed by atoms with Crippen LogP contribution in [0.3, 0.4) is 0 Å². The van der Waals surface area contributed by atoms with Crippen molar-refractivity contribution in [1.29, 1.82) is 0 Å². The largest absolute Gasteiger partial charge is 0.384 e. The zero-order valence-electron chi connectivity index (χ0n) is 12.2.